The van der Waals surface area contributed by atoms with Crippen LogP contribution in [0.4, 0.5) is 0 Å². The van der Waals surface area contributed by atoms with Gasteiger partial charge in [0.15, 0.2) is 0 Å². The van der Waals surface area contributed by atoms with Gasteiger partial charge in [0.25, 0.3) is 0 Å². The molecule has 0 aliphatic carbocycles. The number of allylic oxidation sites excluding steroid dienone is 2. The molecule has 2 heterocycles. The van der Waals surface area contributed by atoms with E-state index in [1.54, 1.807) is 12.5 Å². The molecule has 1 aromatic carbocycles. The number of hydrogen-bond donors (Lipinski definition) is 0. The molecule has 2 aliphatic heterocycles. The number of Topliss-reactive ketones (excluding diaryl/α,β-unsaturated/α-hetero) is 1. The molecule has 1 aromatic rings. The molecule has 0 radical (unpaired) electrons. The van der Waals surface area contributed by atoms with E-state index >= 15 is 0 Å². The minimum atomic E-state index is -0.197. The lowest BCUT2D eigenvalue weighted by molar-refractivity contribution is -0.120. The average Bonchev–Trinajstić information content (AvgIpc) is 2.87. The van der Waals surface area contributed by atoms with Crippen molar-refractivity contribution in [1.82, 2.24) is 0 Å². The average molecular weight is 258 g/mol. The zero-order valence-corrected chi connectivity index (χ0v) is 12.1. The van der Waals surface area contributed by atoms with Crippen LogP contribution in [0.3, 0.4) is 0 Å². The summed E-state index contributed by atoms with van der Waals surface area (Å²) in [6.07, 6.45) is 1.09. The lowest BCUT2D eigenvalue weighted by atomic mass is 9.83. The zero-order chi connectivity index (χ0) is 12.9. The third-order valence-electron chi connectivity index (χ3n) is 4.64. The van der Waals surface area contributed by atoms with Crippen LogP contribution >= 0.6 is 7.92 Å². The number of rotatable bonds is 2. The first-order chi connectivity index (χ1) is 8.61. The summed E-state index contributed by atoms with van der Waals surface area (Å²) in [4.78, 5) is 11.9. The highest BCUT2D eigenvalue weighted by Gasteiger charge is 2.51. The molecule has 18 heavy (non-hydrogen) atoms. The molecule has 0 N–H and O–H groups in total. The minimum absolute atomic E-state index is 0.197. The molecule has 1 saturated heterocycles. The van der Waals surface area contributed by atoms with Crippen LogP contribution < -0.4 is 5.30 Å². The molecule has 1 fully saturated rings. The molecule has 1 unspecified atom stereocenters. The van der Waals surface area contributed by atoms with E-state index in [2.05, 4.69) is 44.2 Å². The quantitative estimate of drug-likeness (QED) is 0.586. The van der Waals surface area contributed by atoms with Gasteiger partial charge in [0, 0.05) is 17.2 Å². The van der Waals surface area contributed by atoms with Crippen LogP contribution in [-0.4, -0.2) is 17.1 Å². The van der Waals surface area contributed by atoms with Crippen LogP contribution in [0.1, 0.15) is 27.2 Å². The monoisotopic (exact) mass is 258 g/mol. The first-order valence-corrected chi connectivity index (χ1v) is 8.10. The van der Waals surface area contributed by atoms with Crippen molar-refractivity contribution >= 4 is 19.0 Å². The number of carbonyl (C=O) groups excluding carboxylic acids is 1. The van der Waals surface area contributed by atoms with Gasteiger partial charge in [-0.1, -0.05) is 49.4 Å². The Labute approximate surface area is 110 Å². The highest BCUT2D eigenvalue weighted by Crippen LogP contribution is 2.67. The predicted octanol–water partition coefficient (Wildman–Crippen LogP) is 3.49. The van der Waals surface area contributed by atoms with Gasteiger partial charge in [0.2, 0.25) is 0 Å². The lowest BCUT2D eigenvalue weighted by Gasteiger charge is -2.22. The largest absolute Gasteiger partial charge is 0.300 e. The molecular formula is C16H19OP. The van der Waals surface area contributed by atoms with Crippen molar-refractivity contribution < 1.29 is 4.79 Å². The molecule has 2 aliphatic rings. The van der Waals surface area contributed by atoms with Crippen LogP contribution in [0.5, 0.6) is 0 Å². The van der Waals surface area contributed by atoms with Crippen molar-refractivity contribution in [3.8, 4) is 0 Å². The molecule has 1 nitrogen and oxygen atoms in total. The summed E-state index contributed by atoms with van der Waals surface area (Å²) in [6.45, 7) is 6.29. The molecule has 3 rings (SSSR count). The van der Waals surface area contributed by atoms with Gasteiger partial charge in [-0.15, -0.1) is 0 Å². The molecule has 94 valence electrons. The van der Waals surface area contributed by atoms with E-state index < -0.39 is 0 Å². The molecular weight excluding hydrogens is 239 g/mol. The van der Waals surface area contributed by atoms with Crippen LogP contribution in [0.15, 0.2) is 41.5 Å². The number of carbonyl (C=O) groups is 1. The second kappa shape index (κ2) is 4.31. The summed E-state index contributed by atoms with van der Waals surface area (Å²) in [5.74, 6) is 0.669. The van der Waals surface area contributed by atoms with Gasteiger partial charge in [0.05, 0.1) is 0 Å². The molecule has 4 atom stereocenters. The minimum Gasteiger partial charge on any atom is -0.300 e. The van der Waals surface area contributed by atoms with E-state index in [1.165, 1.54) is 10.9 Å². The van der Waals surface area contributed by atoms with E-state index in [0.717, 1.165) is 6.42 Å². The first kappa shape index (κ1) is 12.1. The summed E-state index contributed by atoms with van der Waals surface area (Å²) in [6, 6.07) is 10.8. The molecule has 0 spiro atoms. The normalized spacial score (nSPS) is 34.2. The second-order valence-electron chi connectivity index (χ2n) is 5.52. The van der Waals surface area contributed by atoms with E-state index in [4.69, 9.17) is 0 Å². The number of ketones is 1. The van der Waals surface area contributed by atoms with Crippen molar-refractivity contribution in [3.63, 3.8) is 0 Å². The van der Waals surface area contributed by atoms with Crippen molar-refractivity contribution in [1.29, 1.82) is 0 Å². The van der Waals surface area contributed by atoms with Gasteiger partial charge in [-0.25, -0.2) is 0 Å². The van der Waals surface area contributed by atoms with Crippen LogP contribution in [0, 0.1) is 5.92 Å². The highest BCUT2D eigenvalue weighted by atomic mass is 31.1. The summed E-state index contributed by atoms with van der Waals surface area (Å²) < 4.78 is 0. The van der Waals surface area contributed by atoms with Crippen LogP contribution in [-0.2, 0) is 4.79 Å². The molecule has 0 aromatic heterocycles. The molecule has 0 amide bonds. The SMILES string of the molecule is CC(=O)[C@H]1C[C@@H]2C(C)=C(C)[C@H]1P2c1ccccc1. The fraction of sp³-hybridized carbons (Fsp3) is 0.438. The van der Waals surface area contributed by atoms with Crippen molar-refractivity contribution in [2.75, 3.05) is 0 Å². The first-order valence-electron chi connectivity index (χ1n) is 6.62. The maximum Gasteiger partial charge on any atom is 0.133 e. The van der Waals surface area contributed by atoms with E-state index in [0.29, 0.717) is 17.1 Å². The van der Waals surface area contributed by atoms with Crippen molar-refractivity contribution in [3.05, 3.63) is 41.5 Å². The number of hydrogen-bond acceptors (Lipinski definition) is 1. The van der Waals surface area contributed by atoms with Crippen LogP contribution in [0.25, 0.3) is 0 Å². The fourth-order valence-electron chi connectivity index (χ4n) is 3.59. The molecule has 2 bridgehead atoms. The molecule has 2 heteroatoms. The van der Waals surface area contributed by atoms with Gasteiger partial charge < -0.3 is 0 Å². The Morgan fingerprint density at radius 2 is 1.83 bits per heavy atom. The maximum absolute atomic E-state index is 11.9. The van der Waals surface area contributed by atoms with Gasteiger partial charge in [-0.2, -0.15) is 0 Å². The van der Waals surface area contributed by atoms with Gasteiger partial charge >= 0.3 is 0 Å². The zero-order valence-electron chi connectivity index (χ0n) is 11.2. The standard InChI is InChI=1S/C16H19OP/c1-10-11(2)16-14(12(3)17)9-15(10)18(16)13-7-5-4-6-8-13/h4-8,14-16H,9H2,1-3H3/t14-,15-,16-,18?/m1/s1. The Balaban J connectivity index is 2.03. The summed E-state index contributed by atoms with van der Waals surface area (Å²) in [5.41, 5.74) is 4.24. The second-order valence-corrected chi connectivity index (χ2v) is 8.03. The highest BCUT2D eigenvalue weighted by molar-refractivity contribution is 7.68. The Bertz CT molecular complexity index is 517. The fourth-order valence-corrected chi connectivity index (χ4v) is 7.59. The Kier molecular flexibility index (Phi) is 2.90. The third kappa shape index (κ3) is 1.61. The topological polar surface area (TPSA) is 17.1 Å². The lowest BCUT2D eigenvalue weighted by Crippen LogP contribution is -2.24. The Morgan fingerprint density at radius 1 is 1.17 bits per heavy atom. The Morgan fingerprint density at radius 3 is 2.44 bits per heavy atom. The van der Waals surface area contributed by atoms with E-state index in [1.807, 2.05) is 0 Å². The summed E-state index contributed by atoms with van der Waals surface area (Å²) in [5, 5.41) is 1.47. The van der Waals surface area contributed by atoms with E-state index in [-0.39, 0.29) is 13.8 Å². The van der Waals surface area contributed by atoms with Gasteiger partial charge in [0.1, 0.15) is 5.78 Å². The van der Waals surface area contributed by atoms with Gasteiger partial charge in [-0.3, -0.25) is 4.79 Å². The molecule has 0 saturated carbocycles. The van der Waals surface area contributed by atoms with Gasteiger partial charge in [-0.05, 0) is 32.5 Å². The summed E-state index contributed by atoms with van der Waals surface area (Å²) in [7, 11) is -0.197. The van der Waals surface area contributed by atoms with Crippen molar-refractivity contribution in [2.45, 2.75) is 38.5 Å². The maximum atomic E-state index is 11.9. The smallest absolute Gasteiger partial charge is 0.133 e. The van der Waals surface area contributed by atoms with Crippen LogP contribution in [0.2, 0.25) is 0 Å². The van der Waals surface area contributed by atoms with E-state index in [9.17, 15) is 4.79 Å². The predicted molar refractivity (Wildman–Crippen MR) is 77.7 cm³/mol. The number of benzene rings is 1. The number of fused-ring (bicyclic) bond motifs is 2. The van der Waals surface area contributed by atoms with Crippen molar-refractivity contribution in [2.24, 2.45) is 5.92 Å². The summed E-state index contributed by atoms with van der Waals surface area (Å²) >= 11 is 0. The third-order valence-corrected chi connectivity index (χ3v) is 8.15. The Hall–Kier alpha value is -0.940.